The number of hydrogen-bond donors (Lipinski definition) is 1. The number of nitrogens with zero attached hydrogens (tertiary/aromatic N) is 2. The van der Waals surface area contributed by atoms with E-state index in [1.165, 1.54) is 12.8 Å². The van der Waals surface area contributed by atoms with Crippen LogP contribution in [-0.4, -0.2) is 54.4 Å². The van der Waals surface area contributed by atoms with Gasteiger partial charge >= 0.3 is 0 Å². The van der Waals surface area contributed by atoms with Crippen molar-refractivity contribution in [1.82, 2.24) is 15.1 Å². The molecule has 1 aromatic carbocycles. The molecule has 1 aromatic heterocycles. The summed E-state index contributed by atoms with van der Waals surface area (Å²) in [5.41, 5.74) is 2.27. The average Bonchev–Trinajstić information content (AvgIpc) is 3.34. The normalized spacial score (nSPS) is 25.2. The Balaban J connectivity index is 1.48. The zero-order chi connectivity index (χ0) is 18.1. The van der Waals surface area contributed by atoms with Crippen LogP contribution in [0.4, 0.5) is 0 Å². The topological polar surface area (TPSA) is 67.4 Å². The number of nitrogens with one attached hydrogen (secondary N) is 1. The van der Waals surface area contributed by atoms with Crippen molar-refractivity contribution in [3.8, 4) is 17.0 Å². The first kappa shape index (κ1) is 17.1. The predicted molar refractivity (Wildman–Crippen MR) is 98.1 cm³/mol. The van der Waals surface area contributed by atoms with Crippen LogP contribution < -0.4 is 4.74 Å². The van der Waals surface area contributed by atoms with E-state index in [0.29, 0.717) is 17.5 Å². The third-order valence-electron chi connectivity index (χ3n) is 5.82. The monoisotopic (exact) mass is 355 g/mol. The highest BCUT2D eigenvalue weighted by Crippen LogP contribution is 2.38. The first-order valence-electron chi connectivity index (χ1n) is 9.21. The van der Waals surface area contributed by atoms with Gasteiger partial charge in [-0.2, -0.15) is 5.10 Å². The molecule has 1 aliphatic heterocycles. The van der Waals surface area contributed by atoms with Crippen molar-refractivity contribution in [3.05, 3.63) is 36.0 Å². The van der Waals surface area contributed by atoms with E-state index in [1.54, 1.807) is 14.2 Å². The van der Waals surface area contributed by atoms with E-state index in [9.17, 15) is 4.79 Å². The fourth-order valence-electron chi connectivity index (χ4n) is 4.39. The van der Waals surface area contributed by atoms with Crippen LogP contribution in [0, 0.1) is 11.8 Å². The van der Waals surface area contributed by atoms with E-state index in [0.717, 1.165) is 36.5 Å². The summed E-state index contributed by atoms with van der Waals surface area (Å²) in [6.07, 6.45) is 3.76. The van der Waals surface area contributed by atoms with Crippen molar-refractivity contribution in [3.63, 3.8) is 0 Å². The Kier molecular flexibility index (Phi) is 4.68. The van der Waals surface area contributed by atoms with Crippen LogP contribution in [0.2, 0.25) is 0 Å². The molecule has 6 heteroatoms. The van der Waals surface area contributed by atoms with Gasteiger partial charge in [-0.25, -0.2) is 0 Å². The van der Waals surface area contributed by atoms with Crippen LogP contribution in [-0.2, 0) is 4.74 Å². The van der Waals surface area contributed by atoms with Crippen molar-refractivity contribution in [2.75, 3.05) is 27.3 Å². The average molecular weight is 355 g/mol. The summed E-state index contributed by atoms with van der Waals surface area (Å²) < 4.78 is 10.8. The van der Waals surface area contributed by atoms with Crippen molar-refractivity contribution in [2.24, 2.45) is 11.8 Å². The van der Waals surface area contributed by atoms with E-state index in [-0.39, 0.29) is 12.0 Å². The number of ether oxygens (including phenoxy) is 2. The number of benzene rings is 1. The van der Waals surface area contributed by atoms with E-state index in [2.05, 4.69) is 10.2 Å². The fourth-order valence-corrected chi connectivity index (χ4v) is 4.39. The van der Waals surface area contributed by atoms with E-state index in [4.69, 9.17) is 9.47 Å². The molecule has 1 saturated carbocycles. The second kappa shape index (κ2) is 7.11. The van der Waals surface area contributed by atoms with Gasteiger partial charge in [-0.1, -0.05) is 6.42 Å². The van der Waals surface area contributed by atoms with Gasteiger partial charge in [0.15, 0.2) is 0 Å². The van der Waals surface area contributed by atoms with Gasteiger partial charge in [-0.05, 0) is 49.1 Å². The Bertz CT molecular complexity index is 771. The third-order valence-corrected chi connectivity index (χ3v) is 5.82. The molecule has 1 saturated heterocycles. The molecule has 6 nitrogen and oxygen atoms in total. The number of methoxy groups -OCH3 is 2. The molecular formula is C20H25N3O3. The van der Waals surface area contributed by atoms with Crippen molar-refractivity contribution < 1.29 is 14.3 Å². The highest BCUT2D eigenvalue weighted by atomic mass is 16.5. The highest BCUT2D eigenvalue weighted by molar-refractivity contribution is 5.93. The minimum Gasteiger partial charge on any atom is -0.497 e. The molecule has 2 fully saturated rings. The lowest BCUT2D eigenvalue weighted by atomic mass is 9.79. The van der Waals surface area contributed by atoms with Crippen molar-refractivity contribution >= 4 is 5.91 Å². The van der Waals surface area contributed by atoms with Crippen LogP contribution in [0.5, 0.6) is 5.75 Å². The maximum atomic E-state index is 12.9. The number of carbonyl (C=O) groups is 1. The maximum absolute atomic E-state index is 12.9. The molecule has 2 aliphatic rings. The van der Waals surface area contributed by atoms with Gasteiger partial charge in [0.05, 0.1) is 18.9 Å². The summed E-state index contributed by atoms with van der Waals surface area (Å²) in [6.45, 7) is 1.60. The Morgan fingerprint density at radius 1 is 1.19 bits per heavy atom. The molecular weight excluding hydrogens is 330 g/mol. The number of likely N-dealkylation sites (tertiary alicyclic amines) is 1. The van der Waals surface area contributed by atoms with Crippen LogP contribution in [0.3, 0.4) is 0 Å². The number of carbonyl (C=O) groups excluding carboxylic acids is 1. The molecule has 0 spiro atoms. The van der Waals surface area contributed by atoms with Gasteiger partial charge in [0, 0.05) is 31.7 Å². The maximum Gasteiger partial charge on any atom is 0.271 e. The first-order valence-corrected chi connectivity index (χ1v) is 9.21. The third kappa shape index (κ3) is 3.09. The molecule has 138 valence electrons. The molecule has 1 N–H and O–H groups in total. The van der Waals surface area contributed by atoms with Crippen LogP contribution >= 0.6 is 0 Å². The molecule has 2 aromatic rings. The minimum atomic E-state index is 0.0292. The quantitative estimate of drug-likeness (QED) is 0.916. The van der Waals surface area contributed by atoms with Gasteiger partial charge in [-0.15, -0.1) is 0 Å². The number of rotatable bonds is 4. The Morgan fingerprint density at radius 3 is 2.73 bits per heavy atom. The lowest BCUT2D eigenvalue weighted by Crippen LogP contribution is -2.33. The molecule has 1 aliphatic carbocycles. The van der Waals surface area contributed by atoms with Gasteiger partial charge in [0.2, 0.25) is 0 Å². The molecule has 2 heterocycles. The van der Waals surface area contributed by atoms with E-state index in [1.807, 2.05) is 35.2 Å². The molecule has 3 atom stereocenters. The summed E-state index contributed by atoms with van der Waals surface area (Å²) in [5.74, 6) is 1.85. The highest BCUT2D eigenvalue weighted by Gasteiger charge is 2.42. The van der Waals surface area contributed by atoms with Gasteiger partial charge in [0.1, 0.15) is 11.4 Å². The van der Waals surface area contributed by atoms with E-state index >= 15 is 0 Å². The SMILES string of the molecule is COc1ccc(-c2cc(C(=O)N3C[C@H]4CCC[C@@H](OC)[C@H]4C3)[nH]n2)cc1. The summed E-state index contributed by atoms with van der Waals surface area (Å²) in [4.78, 5) is 14.9. The lowest BCUT2D eigenvalue weighted by molar-refractivity contribution is 0.0126. The molecule has 4 rings (SSSR count). The molecule has 0 bridgehead atoms. The summed E-state index contributed by atoms with van der Waals surface area (Å²) in [6, 6.07) is 9.50. The number of hydrogen-bond acceptors (Lipinski definition) is 4. The second-order valence-corrected chi connectivity index (χ2v) is 7.23. The number of H-pyrrole nitrogens is 1. The standard InChI is InChI=1S/C20H25N3O3/c1-25-15-8-6-13(7-9-15)17-10-18(22-21-17)20(24)23-11-14-4-3-5-19(26-2)16(14)12-23/h6-10,14,16,19H,3-5,11-12H2,1-2H3,(H,21,22)/t14-,16+,19-/m1/s1. The van der Waals surface area contributed by atoms with Gasteiger partial charge in [-0.3, -0.25) is 9.89 Å². The predicted octanol–water partition coefficient (Wildman–Crippen LogP) is 2.97. The summed E-state index contributed by atoms with van der Waals surface area (Å²) in [5, 5.41) is 7.23. The van der Waals surface area contributed by atoms with E-state index < -0.39 is 0 Å². The Hall–Kier alpha value is -2.34. The number of aromatic amines is 1. The second-order valence-electron chi connectivity index (χ2n) is 7.23. The fraction of sp³-hybridized carbons (Fsp3) is 0.500. The van der Waals surface area contributed by atoms with Crippen molar-refractivity contribution in [2.45, 2.75) is 25.4 Å². The lowest BCUT2D eigenvalue weighted by Gasteiger charge is -2.31. The van der Waals surface area contributed by atoms with Crippen LogP contribution in [0.25, 0.3) is 11.3 Å². The Labute approximate surface area is 153 Å². The zero-order valence-electron chi connectivity index (χ0n) is 15.3. The van der Waals surface area contributed by atoms with Crippen LogP contribution in [0.1, 0.15) is 29.8 Å². The molecule has 26 heavy (non-hydrogen) atoms. The minimum absolute atomic E-state index is 0.0292. The number of amides is 1. The summed E-state index contributed by atoms with van der Waals surface area (Å²) in [7, 11) is 3.43. The largest absolute Gasteiger partial charge is 0.497 e. The Morgan fingerprint density at radius 2 is 2.00 bits per heavy atom. The van der Waals surface area contributed by atoms with Crippen molar-refractivity contribution in [1.29, 1.82) is 0 Å². The zero-order valence-corrected chi connectivity index (χ0v) is 15.3. The van der Waals surface area contributed by atoms with Crippen LogP contribution in [0.15, 0.2) is 30.3 Å². The van der Waals surface area contributed by atoms with Gasteiger partial charge in [0.25, 0.3) is 5.91 Å². The molecule has 0 radical (unpaired) electrons. The van der Waals surface area contributed by atoms with Gasteiger partial charge < -0.3 is 14.4 Å². The summed E-state index contributed by atoms with van der Waals surface area (Å²) >= 11 is 0. The number of aromatic nitrogens is 2. The molecule has 0 unspecified atom stereocenters. The smallest absolute Gasteiger partial charge is 0.271 e. The number of fused-ring (bicyclic) bond motifs is 1. The first-order chi connectivity index (χ1) is 12.7. The molecule has 1 amide bonds.